The number of ether oxygens (including phenoxy) is 1. The fraction of sp³-hybridized carbons (Fsp3) is 0.429. The molecule has 0 unspecified atom stereocenters. The second-order valence-electron chi connectivity index (χ2n) is 1.85. The maximum Gasteiger partial charge on any atom is 0.303 e. The number of aliphatic hydroxyl groups excluding tert-OH is 1. The minimum Gasteiger partial charge on any atom is -0.456 e. The Morgan fingerprint density at radius 3 is 2.73 bits per heavy atom. The number of aliphatic hydroxyl groups is 1. The van der Waals surface area contributed by atoms with Crippen LogP contribution in [0.2, 0.25) is 0 Å². The molecule has 0 fully saturated rings. The van der Waals surface area contributed by atoms with Gasteiger partial charge in [-0.2, -0.15) is 0 Å². The van der Waals surface area contributed by atoms with Crippen molar-refractivity contribution in [1.29, 1.82) is 0 Å². The van der Waals surface area contributed by atoms with E-state index in [9.17, 15) is 9.59 Å². The predicted molar refractivity (Wildman–Crippen MR) is 37.8 cm³/mol. The topological polar surface area (TPSA) is 63.6 Å². The van der Waals surface area contributed by atoms with E-state index in [1.807, 2.05) is 0 Å². The van der Waals surface area contributed by atoms with E-state index in [0.717, 1.165) is 0 Å². The molecule has 11 heavy (non-hydrogen) atoms. The van der Waals surface area contributed by atoms with Crippen LogP contribution in [-0.4, -0.2) is 30.1 Å². The van der Waals surface area contributed by atoms with Crippen molar-refractivity contribution in [2.45, 2.75) is 13.0 Å². The fourth-order valence-corrected chi connectivity index (χ4v) is 0.520. The predicted octanol–water partition coefficient (Wildman–Crippen LogP) is -0.334. The number of carbonyl (C=O) groups is 2. The lowest BCUT2D eigenvalue weighted by Crippen LogP contribution is -2.17. The molecule has 0 saturated carbocycles. The minimum absolute atomic E-state index is 0.316. The molecule has 0 bridgehead atoms. The molecule has 0 aromatic carbocycles. The van der Waals surface area contributed by atoms with Crippen LogP contribution in [0.4, 0.5) is 0 Å². The summed E-state index contributed by atoms with van der Waals surface area (Å²) in [6.45, 7) is 0.918. The van der Waals surface area contributed by atoms with Crippen molar-refractivity contribution in [3.63, 3.8) is 0 Å². The first-order valence-corrected chi connectivity index (χ1v) is 3.10. The molecule has 62 valence electrons. The smallest absolute Gasteiger partial charge is 0.303 e. The molecule has 0 rings (SSSR count). The quantitative estimate of drug-likeness (QED) is 0.345. The summed E-state index contributed by atoms with van der Waals surface area (Å²) in [4.78, 5) is 20.1. The number of allylic oxidation sites excluding steroid dienone is 1. The lowest BCUT2D eigenvalue weighted by molar-refractivity contribution is -0.145. The number of aldehydes is 1. The Hall–Kier alpha value is -1.16. The average molecular weight is 158 g/mol. The van der Waals surface area contributed by atoms with E-state index in [1.165, 1.54) is 19.1 Å². The highest BCUT2D eigenvalue weighted by Crippen LogP contribution is 1.92. The Labute approximate surface area is 64.5 Å². The average Bonchev–Trinajstić information content (AvgIpc) is 1.97. The second kappa shape index (κ2) is 5.61. The van der Waals surface area contributed by atoms with Gasteiger partial charge in [0.15, 0.2) is 0 Å². The molecule has 0 saturated heterocycles. The summed E-state index contributed by atoms with van der Waals surface area (Å²) in [6, 6.07) is 0. The molecular weight excluding hydrogens is 148 g/mol. The highest BCUT2D eigenvalue weighted by atomic mass is 16.5. The molecular formula is C7H10O4. The molecule has 0 aliphatic rings. The fourth-order valence-electron chi connectivity index (χ4n) is 0.520. The molecule has 1 N–H and O–H groups in total. The van der Waals surface area contributed by atoms with Gasteiger partial charge in [-0.05, 0) is 12.2 Å². The molecule has 0 radical (unpaired) electrons. The van der Waals surface area contributed by atoms with Gasteiger partial charge < -0.3 is 9.84 Å². The zero-order chi connectivity index (χ0) is 8.69. The zero-order valence-corrected chi connectivity index (χ0v) is 6.19. The largest absolute Gasteiger partial charge is 0.456 e. The van der Waals surface area contributed by atoms with Crippen LogP contribution < -0.4 is 0 Å². The van der Waals surface area contributed by atoms with Crippen molar-refractivity contribution in [3.05, 3.63) is 12.2 Å². The Morgan fingerprint density at radius 2 is 2.36 bits per heavy atom. The Balaban J connectivity index is 3.84. The van der Waals surface area contributed by atoms with Crippen molar-refractivity contribution in [1.82, 2.24) is 0 Å². The molecule has 1 atom stereocenters. The van der Waals surface area contributed by atoms with Crippen LogP contribution in [0.5, 0.6) is 0 Å². The van der Waals surface area contributed by atoms with Crippen LogP contribution in [0.15, 0.2) is 12.2 Å². The van der Waals surface area contributed by atoms with E-state index >= 15 is 0 Å². The standard InChI is InChI=1S/C7H10O4/c1-6(10)11-7(5-9)3-2-4-8/h2-4,7,9H,5H2,1H3/b3-2+/t7-/m0/s1. The molecule has 0 aliphatic heterocycles. The molecule has 0 heterocycles. The summed E-state index contributed by atoms with van der Waals surface area (Å²) in [5.41, 5.74) is 0. The molecule has 0 spiro atoms. The van der Waals surface area contributed by atoms with Crippen LogP contribution in [0.1, 0.15) is 6.92 Å². The van der Waals surface area contributed by atoms with Crippen LogP contribution in [0.3, 0.4) is 0 Å². The third-order valence-corrected chi connectivity index (χ3v) is 0.902. The number of rotatable bonds is 4. The Kier molecular flexibility index (Phi) is 5.02. The second-order valence-corrected chi connectivity index (χ2v) is 1.85. The van der Waals surface area contributed by atoms with Crippen LogP contribution in [0, 0.1) is 0 Å². The monoisotopic (exact) mass is 158 g/mol. The Morgan fingerprint density at radius 1 is 1.73 bits per heavy atom. The Bertz CT molecular complexity index is 162. The molecule has 4 heteroatoms. The van der Waals surface area contributed by atoms with E-state index in [2.05, 4.69) is 4.74 Å². The first kappa shape index (κ1) is 9.84. The van der Waals surface area contributed by atoms with Crippen LogP contribution in [-0.2, 0) is 14.3 Å². The van der Waals surface area contributed by atoms with Gasteiger partial charge in [-0.25, -0.2) is 0 Å². The number of carbonyl (C=O) groups excluding carboxylic acids is 2. The van der Waals surface area contributed by atoms with Gasteiger partial charge in [-0.3, -0.25) is 9.59 Å². The summed E-state index contributed by atoms with van der Waals surface area (Å²) < 4.78 is 4.57. The maximum absolute atomic E-state index is 10.3. The SMILES string of the molecule is CC(=O)O[C@@H](/C=C/C=O)CO. The molecule has 0 aromatic rings. The van der Waals surface area contributed by atoms with E-state index in [-0.39, 0.29) is 6.61 Å². The van der Waals surface area contributed by atoms with E-state index in [0.29, 0.717) is 6.29 Å². The highest BCUT2D eigenvalue weighted by molar-refractivity contribution is 5.67. The van der Waals surface area contributed by atoms with Gasteiger partial charge in [0.2, 0.25) is 0 Å². The maximum atomic E-state index is 10.3. The van der Waals surface area contributed by atoms with Gasteiger partial charge in [0, 0.05) is 6.92 Å². The van der Waals surface area contributed by atoms with Crippen molar-refractivity contribution >= 4 is 12.3 Å². The first-order valence-electron chi connectivity index (χ1n) is 3.10. The third kappa shape index (κ3) is 5.29. The van der Waals surface area contributed by atoms with Crippen molar-refractivity contribution in [2.75, 3.05) is 6.61 Å². The van der Waals surface area contributed by atoms with E-state index in [4.69, 9.17) is 5.11 Å². The summed E-state index contributed by atoms with van der Waals surface area (Å²) in [5, 5.41) is 8.56. The molecule has 4 nitrogen and oxygen atoms in total. The van der Waals surface area contributed by atoms with Gasteiger partial charge in [-0.1, -0.05) is 0 Å². The number of hydrogen-bond acceptors (Lipinski definition) is 4. The third-order valence-electron chi connectivity index (χ3n) is 0.902. The van der Waals surface area contributed by atoms with E-state index in [1.54, 1.807) is 0 Å². The van der Waals surface area contributed by atoms with Crippen LogP contribution in [0.25, 0.3) is 0 Å². The van der Waals surface area contributed by atoms with Gasteiger partial charge >= 0.3 is 5.97 Å². The van der Waals surface area contributed by atoms with E-state index < -0.39 is 12.1 Å². The minimum atomic E-state index is -0.710. The lowest BCUT2D eigenvalue weighted by Gasteiger charge is -2.07. The van der Waals surface area contributed by atoms with Crippen LogP contribution >= 0.6 is 0 Å². The molecule has 0 amide bonds. The van der Waals surface area contributed by atoms with Gasteiger partial charge in [0.25, 0.3) is 0 Å². The van der Waals surface area contributed by atoms with Gasteiger partial charge in [0.1, 0.15) is 12.4 Å². The van der Waals surface area contributed by atoms with Gasteiger partial charge in [0.05, 0.1) is 6.61 Å². The highest BCUT2D eigenvalue weighted by Gasteiger charge is 2.04. The first-order chi connectivity index (χ1) is 5.20. The summed E-state index contributed by atoms with van der Waals surface area (Å²) in [6.07, 6.45) is 2.32. The molecule has 0 aromatic heterocycles. The number of hydrogen-bond donors (Lipinski definition) is 1. The number of esters is 1. The lowest BCUT2D eigenvalue weighted by atomic mass is 10.3. The summed E-state index contributed by atoms with van der Waals surface area (Å²) in [5.74, 6) is -0.486. The summed E-state index contributed by atoms with van der Waals surface area (Å²) >= 11 is 0. The normalized spacial score (nSPS) is 12.9. The molecule has 0 aliphatic carbocycles. The van der Waals surface area contributed by atoms with Crippen molar-refractivity contribution < 1.29 is 19.4 Å². The zero-order valence-electron chi connectivity index (χ0n) is 6.19. The van der Waals surface area contributed by atoms with Gasteiger partial charge in [-0.15, -0.1) is 0 Å². The van der Waals surface area contributed by atoms with Crippen molar-refractivity contribution in [2.24, 2.45) is 0 Å². The van der Waals surface area contributed by atoms with Crippen molar-refractivity contribution in [3.8, 4) is 0 Å². The summed E-state index contributed by atoms with van der Waals surface area (Å²) in [7, 11) is 0.